The van der Waals surface area contributed by atoms with Gasteiger partial charge in [0.05, 0.1) is 18.9 Å². The van der Waals surface area contributed by atoms with Crippen molar-refractivity contribution >= 4 is 5.69 Å². The summed E-state index contributed by atoms with van der Waals surface area (Å²) in [6.07, 6.45) is 0. The number of benzene rings is 1. The van der Waals surface area contributed by atoms with E-state index in [0.717, 1.165) is 5.56 Å². The highest BCUT2D eigenvalue weighted by Gasteiger charge is 2.20. The molecule has 0 amide bonds. The molecule has 0 aliphatic carbocycles. The van der Waals surface area contributed by atoms with Gasteiger partial charge in [-0.25, -0.2) is 4.79 Å². The predicted octanol–water partition coefficient (Wildman–Crippen LogP) is 2.02. The van der Waals surface area contributed by atoms with E-state index in [0.29, 0.717) is 37.8 Å². The number of morpholine rings is 1. The number of rotatable bonds is 2. The molecule has 1 aromatic heterocycles. The fourth-order valence-corrected chi connectivity index (χ4v) is 2.38. The van der Waals surface area contributed by atoms with Crippen molar-refractivity contribution in [1.29, 1.82) is 5.26 Å². The smallest absolute Gasteiger partial charge is 0.356 e. The van der Waals surface area contributed by atoms with E-state index in [-0.39, 0.29) is 5.56 Å². The first kappa shape index (κ1) is 13.4. The lowest BCUT2D eigenvalue weighted by Gasteiger charge is -2.29. The molecule has 0 spiro atoms. The molecule has 1 aromatic carbocycles. The normalized spacial score (nSPS) is 14.7. The Bertz CT molecular complexity index is 725. The Morgan fingerprint density at radius 3 is 2.52 bits per heavy atom. The maximum atomic E-state index is 12.1. The zero-order valence-electron chi connectivity index (χ0n) is 11.4. The van der Waals surface area contributed by atoms with Gasteiger partial charge in [0.15, 0.2) is 5.56 Å². The molecule has 1 aliphatic heterocycles. The molecule has 0 unspecified atom stereocenters. The van der Waals surface area contributed by atoms with Gasteiger partial charge >= 0.3 is 5.63 Å². The lowest BCUT2D eigenvalue weighted by molar-refractivity contribution is 0.122. The fourth-order valence-electron chi connectivity index (χ4n) is 2.38. The van der Waals surface area contributed by atoms with Crippen molar-refractivity contribution in [3.05, 3.63) is 52.4 Å². The number of hydrogen-bond acceptors (Lipinski definition) is 5. The molecule has 2 aromatic rings. The Labute approximate surface area is 122 Å². The van der Waals surface area contributed by atoms with Gasteiger partial charge in [-0.1, -0.05) is 30.3 Å². The molecule has 0 atom stereocenters. The van der Waals surface area contributed by atoms with Gasteiger partial charge in [0.2, 0.25) is 0 Å². The van der Waals surface area contributed by atoms with Gasteiger partial charge in [-0.3, -0.25) is 0 Å². The lowest BCUT2D eigenvalue weighted by Crippen LogP contribution is -2.37. The molecule has 106 valence electrons. The molecule has 1 fully saturated rings. The third kappa shape index (κ3) is 2.67. The number of nitriles is 1. The minimum Gasteiger partial charge on any atom is -0.422 e. The van der Waals surface area contributed by atoms with Gasteiger partial charge < -0.3 is 14.1 Å². The van der Waals surface area contributed by atoms with E-state index in [1.165, 1.54) is 0 Å². The van der Waals surface area contributed by atoms with Gasteiger partial charge in [-0.15, -0.1) is 0 Å². The van der Waals surface area contributed by atoms with Crippen molar-refractivity contribution in [3.8, 4) is 17.4 Å². The van der Waals surface area contributed by atoms with Crippen LogP contribution in [0.3, 0.4) is 0 Å². The third-order valence-electron chi connectivity index (χ3n) is 3.45. The van der Waals surface area contributed by atoms with Crippen molar-refractivity contribution in [2.45, 2.75) is 0 Å². The summed E-state index contributed by atoms with van der Waals surface area (Å²) in [4.78, 5) is 14.1. The molecule has 1 saturated heterocycles. The Morgan fingerprint density at radius 2 is 1.86 bits per heavy atom. The summed E-state index contributed by atoms with van der Waals surface area (Å²) in [6, 6.07) is 13.1. The number of hydrogen-bond donors (Lipinski definition) is 0. The Balaban J connectivity index is 2.11. The highest BCUT2D eigenvalue weighted by Crippen LogP contribution is 2.26. The van der Waals surface area contributed by atoms with Crippen LogP contribution in [0.25, 0.3) is 11.3 Å². The summed E-state index contributed by atoms with van der Waals surface area (Å²) in [6.45, 7) is 2.50. The number of anilines is 1. The monoisotopic (exact) mass is 282 g/mol. The summed E-state index contributed by atoms with van der Waals surface area (Å²) in [5.41, 5.74) is 0.890. The molecule has 5 heteroatoms. The molecule has 0 N–H and O–H groups in total. The van der Waals surface area contributed by atoms with Crippen LogP contribution in [-0.4, -0.2) is 26.3 Å². The summed E-state index contributed by atoms with van der Waals surface area (Å²) in [5.74, 6) is 0.473. The average molecular weight is 282 g/mol. The summed E-state index contributed by atoms with van der Waals surface area (Å²) < 4.78 is 10.6. The van der Waals surface area contributed by atoms with Gasteiger partial charge in [-0.05, 0) is 0 Å². The molecule has 0 saturated carbocycles. The van der Waals surface area contributed by atoms with Crippen LogP contribution in [0.15, 0.2) is 45.6 Å². The zero-order valence-corrected chi connectivity index (χ0v) is 11.4. The van der Waals surface area contributed by atoms with Crippen molar-refractivity contribution < 1.29 is 9.15 Å². The van der Waals surface area contributed by atoms with Crippen molar-refractivity contribution in [2.24, 2.45) is 0 Å². The van der Waals surface area contributed by atoms with Gasteiger partial charge in [0.1, 0.15) is 11.8 Å². The largest absolute Gasteiger partial charge is 0.422 e. The molecule has 21 heavy (non-hydrogen) atoms. The lowest BCUT2D eigenvalue weighted by atomic mass is 10.1. The molecule has 0 radical (unpaired) electrons. The summed E-state index contributed by atoms with van der Waals surface area (Å²) in [7, 11) is 0. The third-order valence-corrected chi connectivity index (χ3v) is 3.45. The van der Waals surface area contributed by atoms with Crippen LogP contribution >= 0.6 is 0 Å². The van der Waals surface area contributed by atoms with E-state index < -0.39 is 5.63 Å². The highest BCUT2D eigenvalue weighted by atomic mass is 16.5. The average Bonchev–Trinajstić information content (AvgIpc) is 2.55. The number of nitrogens with zero attached hydrogens (tertiary/aromatic N) is 2. The Kier molecular flexibility index (Phi) is 3.71. The minimum atomic E-state index is -0.597. The van der Waals surface area contributed by atoms with E-state index in [2.05, 4.69) is 0 Å². The highest BCUT2D eigenvalue weighted by molar-refractivity contribution is 5.67. The molecule has 3 rings (SSSR count). The molecule has 1 aliphatic rings. The maximum absolute atomic E-state index is 12.1. The van der Waals surface area contributed by atoms with Gasteiger partial charge in [-0.2, -0.15) is 5.26 Å². The van der Waals surface area contributed by atoms with Crippen LogP contribution in [-0.2, 0) is 4.74 Å². The van der Waals surface area contributed by atoms with Crippen molar-refractivity contribution in [1.82, 2.24) is 0 Å². The second-order valence-electron chi connectivity index (χ2n) is 4.74. The van der Waals surface area contributed by atoms with Crippen LogP contribution in [0.1, 0.15) is 5.56 Å². The Hall–Kier alpha value is -2.58. The second kappa shape index (κ2) is 5.81. The predicted molar refractivity (Wildman–Crippen MR) is 78.2 cm³/mol. The van der Waals surface area contributed by atoms with E-state index in [1.807, 2.05) is 41.3 Å². The standard InChI is InChI=1S/C16H14N2O3/c17-11-13-14(18-6-8-20-9-7-18)10-15(21-16(13)19)12-4-2-1-3-5-12/h1-5,10H,6-9H2. The SMILES string of the molecule is N#Cc1c(N2CCOCC2)cc(-c2ccccc2)oc1=O. The molecular weight excluding hydrogens is 268 g/mol. The van der Waals surface area contributed by atoms with Crippen LogP contribution in [0, 0.1) is 11.3 Å². The van der Waals surface area contributed by atoms with Crippen LogP contribution < -0.4 is 10.5 Å². The first-order valence-electron chi connectivity index (χ1n) is 6.76. The van der Waals surface area contributed by atoms with E-state index in [1.54, 1.807) is 6.07 Å². The molecule has 0 bridgehead atoms. The van der Waals surface area contributed by atoms with Crippen molar-refractivity contribution in [3.63, 3.8) is 0 Å². The minimum absolute atomic E-state index is 0.0524. The summed E-state index contributed by atoms with van der Waals surface area (Å²) >= 11 is 0. The Morgan fingerprint density at radius 1 is 1.14 bits per heavy atom. The maximum Gasteiger partial charge on any atom is 0.356 e. The van der Waals surface area contributed by atoms with Crippen LogP contribution in [0.4, 0.5) is 5.69 Å². The zero-order chi connectivity index (χ0) is 14.7. The van der Waals surface area contributed by atoms with E-state index >= 15 is 0 Å². The first-order chi connectivity index (χ1) is 10.3. The topological polar surface area (TPSA) is 66.5 Å². The molecular formula is C16H14N2O3. The summed E-state index contributed by atoms with van der Waals surface area (Å²) in [5, 5.41) is 9.22. The van der Waals surface area contributed by atoms with E-state index in [9.17, 15) is 10.1 Å². The first-order valence-corrected chi connectivity index (χ1v) is 6.76. The van der Waals surface area contributed by atoms with E-state index in [4.69, 9.17) is 9.15 Å². The molecule has 5 nitrogen and oxygen atoms in total. The van der Waals surface area contributed by atoms with Crippen LogP contribution in [0.5, 0.6) is 0 Å². The fraction of sp³-hybridized carbons (Fsp3) is 0.250. The van der Waals surface area contributed by atoms with Crippen LogP contribution in [0.2, 0.25) is 0 Å². The quantitative estimate of drug-likeness (QED) is 0.843. The molecule has 2 heterocycles. The van der Waals surface area contributed by atoms with Crippen molar-refractivity contribution in [2.75, 3.05) is 31.2 Å². The second-order valence-corrected chi connectivity index (χ2v) is 4.74. The van der Waals surface area contributed by atoms with Gasteiger partial charge in [0, 0.05) is 24.7 Å². The van der Waals surface area contributed by atoms with Gasteiger partial charge in [0.25, 0.3) is 0 Å². The number of ether oxygens (including phenoxy) is 1.